The van der Waals surface area contributed by atoms with Crippen LogP contribution in [0.3, 0.4) is 0 Å². The van der Waals surface area contributed by atoms with Crippen LogP contribution in [0.15, 0.2) is 18.2 Å². The zero-order valence-electron chi connectivity index (χ0n) is 10.1. The lowest BCUT2D eigenvalue weighted by atomic mass is 9.92. The van der Waals surface area contributed by atoms with E-state index < -0.39 is 0 Å². The highest BCUT2D eigenvalue weighted by Crippen LogP contribution is 2.39. The SMILES string of the molecule is COc1cccc2c1NC(CC1CC1)C(O)C2. The molecule has 2 aliphatic rings. The number of nitrogens with one attached hydrogen (secondary N) is 1. The maximum Gasteiger partial charge on any atom is 0.142 e. The van der Waals surface area contributed by atoms with Crippen LogP contribution in [0.25, 0.3) is 0 Å². The Hall–Kier alpha value is -1.22. The first-order valence-corrected chi connectivity index (χ1v) is 6.38. The van der Waals surface area contributed by atoms with Gasteiger partial charge in [-0.15, -0.1) is 0 Å². The predicted molar refractivity (Wildman–Crippen MR) is 67.5 cm³/mol. The lowest BCUT2D eigenvalue weighted by molar-refractivity contribution is 0.141. The average Bonchev–Trinajstić information content (AvgIpc) is 3.13. The van der Waals surface area contributed by atoms with Crippen molar-refractivity contribution in [1.82, 2.24) is 0 Å². The summed E-state index contributed by atoms with van der Waals surface area (Å²) in [6.07, 6.45) is 4.19. The van der Waals surface area contributed by atoms with E-state index in [4.69, 9.17) is 4.74 Å². The third-order valence-electron chi connectivity index (χ3n) is 3.84. The number of ether oxygens (including phenoxy) is 1. The van der Waals surface area contributed by atoms with E-state index in [2.05, 4.69) is 11.4 Å². The molecule has 1 saturated carbocycles. The standard InChI is InChI=1S/C14H19NO2/c1-17-13-4-2-3-10-8-12(16)11(15-14(10)13)7-9-5-6-9/h2-4,9,11-12,15-16H,5-8H2,1H3. The van der Waals surface area contributed by atoms with Gasteiger partial charge in [0.1, 0.15) is 5.75 Å². The van der Waals surface area contributed by atoms with Crippen LogP contribution in [0.1, 0.15) is 24.8 Å². The largest absolute Gasteiger partial charge is 0.495 e. The first-order chi connectivity index (χ1) is 8.28. The van der Waals surface area contributed by atoms with Gasteiger partial charge in [0.05, 0.1) is 24.9 Å². The average molecular weight is 233 g/mol. The first-order valence-electron chi connectivity index (χ1n) is 6.38. The lowest BCUT2D eigenvalue weighted by Crippen LogP contribution is -2.39. The molecule has 0 amide bonds. The summed E-state index contributed by atoms with van der Waals surface area (Å²) < 4.78 is 5.37. The van der Waals surface area contributed by atoms with Crippen molar-refractivity contribution in [3.8, 4) is 5.75 Å². The summed E-state index contributed by atoms with van der Waals surface area (Å²) in [4.78, 5) is 0. The minimum atomic E-state index is -0.268. The van der Waals surface area contributed by atoms with Crippen LogP contribution < -0.4 is 10.1 Å². The van der Waals surface area contributed by atoms with Gasteiger partial charge < -0.3 is 15.2 Å². The molecule has 2 unspecified atom stereocenters. The van der Waals surface area contributed by atoms with Crippen molar-refractivity contribution in [2.75, 3.05) is 12.4 Å². The molecule has 2 N–H and O–H groups in total. The summed E-state index contributed by atoms with van der Waals surface area (Å²) in [5, 5.41) is 13.6. The number of anilines is 1. The molecule has 1 aliphatic heterocycles. The number of hydrogen-bond donors (Lipinski definition) is 2. The number of aliphatic hydroxyl groups excluding tert-OH is 1. The molecule has 2 atom stereocenters. The van der Waals surface area contributed by atoms with Gasteiger partial charge >= 0.3 is 0 Å². The van der Waals surface area contributed by atoms with E-state index >= 15 is 0 Å². The van der Waals surface area contributed by atoms with Gasteiger partial charge in [0, 0.05) is 6.42 Å². The van der Waals surface area contributed by atoms with Crippen LogP contribution in [0.5, 0.6) is 5.75 Å². The number of methoxy groups -OCH3 is 1. The van der Waals surface area contributed by atoms with Gasteiger partial charge in [-0.1, -0.05) is 25.0 Å². The van der Waals surface area contributed by atoms with E-state index in [-0.39, 0.29) is 12.1 Å². The van der Waals surface area contributed by atoms with Crippen LogP contribution in [0, 0.1) is 5.92 Å². The zero-order valence-corrected chi connectivity index (χ0v) is 10.1. The van der Waals surface area contributed by atoms with Crippen LogP contribution in [-0.4, -0.2) is 24.4 Å². The molecule has 0 bridgehead atoms. The van der Waals surface area contributed by atoms with Crippen molar-refractivity contribution >= 4 is 5.69 Å². The normalized spacial score (nSPS) is 27.2. The fourth-order valence-electron chi connectivity index (χ4n) is 2.66. The second-order valence-electron chi connectivity index (χ2n) is 5.20. The fraction of sp³-hybridized carbons (Fsp3) is 0.571. The molecule has 1 aromatic rings. The molecule has 3 rings (SSSR count). The van der Waals surface area contributed by atoms with Crippen LogP contribution in [0.2, 0.25) is 0 Å². The number of rotatable bonds is 3. The third kappa shape index (κ3) is 2.12. The molecule has 1 aliphatic carbocycles. The maximum absolute atomic E-state index is 10.2. The molecule has 1 fully saturated rings. The minimum Gasteiger partial charge on any atom is -0.495 e. The van der Waals surface area contributed by atoms with Crippen molar-refractivity contribution in [2.24, 2.45) is 5.92 Å². The molecule has 0 aromatic heterocycles. The molecular formula is C14H19NO2. The van der Waals surface area contributed by atoms with Gasteiger partial charge in [0.25, 0.3) is 0 Å². The van der Waals surface area contributed by atoms with E-state index in [1.165, 1.54) is 12.8 Å². The van der Waals surface area contributed by atoms with Gasteiger partial charge in [-0.05, 0) is 24.0 Å². The number of aliphatic hydroxyl groups is 1. The highest BCUT2D eigenvalue weighted by Gasteiger charge is 2.33. The summed E-state index contributed by atoms with van der Waals surface area (Å²) in [5.41, 5.74) is 2.23. The molecule has 0 spiro atoms. The highest BCUT2D eigenvalue weighted by atomic mass is 16.5. The topological polar surface area (TPSA) is 41.5 Å². The molecule has 17 heavy (non-hydrogen) atoms. The van der Waals surface area contributed by atoms with E-state index in [0.29, 0.717) is 0 Å². The summed E-state index contributed by atoms with van der Waals surface area (Å²) in [7, 11) is 1.69. The van der Waals surface area contributed by atoms with Gasteiger partial charge in [-0.25, -0.2) is 0 Å². The Kier molecular flexibility index (Phi) is 2.71. The molecule has 3 heteroatoms. The first kappa shape index (κ1) is 10.9. The van der Waals surface area contributed by atoms with Gasteiger partial charge in [0.15, 0.2) is 0 Å². The second kappa shape index (κ2) is 4.22. The van der Waals surface area contributed by atoms with Crippen molar-refractivity contribution < 1.29 is 9.84 Å². The van der Waals surface area contributed by atoms with Crippen LogP contribution in [-0.2, 0) is 6.42 Å². The summed E-state index contributed by atoms with van der Waals surface area (Å²) in [6.45, 7) is 0. The Labute approximate surface area is 102 Å². The monoisotopic (exact) mass is 233 g/mol. The van der Waals surface area contributed by atoms with E-state index in [9.17, 15) is 5.11 Å². The number of benzene rings is 1. The van der Waals surface area contributed by atoms with E-state index in [1.54, 1.807) is 7.11 Å². The Morgan fingerprint density at radius 2 is 2.24 bits per heavy atom. The van der Waals surface area contributed by atoms with Crippen LogP contribution in [0.4, 0.5) is 5.69 Å². The Balaban J connectivity index is 1.85. The molecular weight excluding hydrogens is 214 g/mol. The zero-order chi connectivity index (χ0) is 11.8. The highest BCUT2D eigenvalue weighted by molar-refractivity contribution is 5.64. The molecule has 3 nitrogen and oxygen atoms in total. The quantitative estimate of drug-likeness (QED) is 0.841. The maximum atomic E-state index is 10.2. The molecule has 1 heterocycles. The minimum absolute atomic E-state index is 0.186. The number of fused-ring (bicyclic) bond motifs is 1. The van der Waals surface area contributed by atoms with E-state index in [0.717, 1.165) is 35.8 Å². The van der Waals surface area contributed by atoms with Crippen molar-refractivity contribution in [1.29, 1.82) is 0 Å². The van der Waals surface area contributed by atoms with Gasteiger partial charge in [-0.2, -0.15) is 0 Å². The Morgan fingerprint density at radius 3 is 2.94 bits per heavy atom. The number of para-hydroxylation sites is 1. The van der Waals surface area contributed by atoms with Crippen molar-refractivity contribution in [3.05, 3.63) is 23.8 Å². The Bertz CT molecular complexity index is 415. The van der Waals surface area contributed by atoms with Gasteiger partial charge in [0.2, 0.25) is 0 Å². The smallest absolute Gasteiger partial charge is 0.142 e. The molecule has 0 saturated heterocycles. The summed E-state index contributed by atoms with van der Waals surface area (Å²) >= 11 is 0. The predicted octanol–water partition coefficient (Wildman–Crippen LogP) is 2.19. The Morgan fingerprint density at radius 1 is 1.41 bits per heavy atom. The fourth-order valence-corrected chi connectivity index (χ4v) is 2.66. The lowest BCUT2D eigenvalue weighted by Gasteiger charge is -2.32. The second-order valence-corrected chi connectivity index (χ2v) is 5.20. The third-order valence-corrected chi connectivity index (χ3v) is 3.84. The molecule has 1 aromatic carbocycles. The van der Waals surface area contributed by atoms with E-state index in [1.807, 2.05) is 12.1 Å². The summed E-state index contributed by atoms with van der Waals surface area (Å²) in [5.74, 6) is 1.70. The summed E-state index contributed by atoms with van der Waals surface area (Å²) in [6, 6.07) is 6.19. The van der Waals surface area contributed by atoms with Crippen molar-refractivity contribution in [3.63, 3.8) is 0 Å². The van der Waals surface area contributed by atoms with Crippen molar-refractivity contribution in [2.45, 2.75) is 37.8 Å². The van der Waals surface area contributed by atoms with Gasteiger partial charge in [-0.3, -0.25) is 0 Å². The number of hydrogen-bond acceptors (Lipinski definition) is 3. The molecule has 92 valence electrons. The molecule has 0 radical (unpaired) electrons. The van der Waals surface area contributed by atoms with Crippen LogP contribution >= 0.6 is 0 Å².